The Morgan fingerprint density at radius 3 is 2.31 bits per heavy atom. The van der Waals surface area contributed by atoms with E-state index >= 15 is 0 Å². The fraction of sp³-hybridized carbons (Fsp3) is 0.385. The molecular weight excluding hydrogens is 156 g/mol. The number of rotatable bonds is 5. The Hall–Kier alpha value is -1.04. The first-order valence-corrected chi connectivity index (χ1v) is 4.68. The molecule has 0 aromatic heterocycles. The predicted octanol–water partition coefficient (Wildman–Crippen LogP) is 4.42. The molecule has 0 atom stereocenters. The third kappa shape index (κ3) is 7.32. The molecule has 0 rings (SSSR count). The first-order valence-electron chi connectivity index (χ1n) is 4.68. The van der Waals surface area contributed by atoms with Gasteiger partial charge in [0.1, 0.15) is 0 Å². The van der Waals surface area contributed by atoms with Gasteiger partial charge in [0.15, 0.2) is 0 Å². The average Bonchev–Trinajstić information content (AvgIpc) is 2.03. The summed E-state index contributed by atoms with van der Waals surface area (Å²) >= 11 is 0. The fourth-order valence-electron chi connectivity index (χ4n) is 1.04. The van der Waals surface area contributed by atoms with Crippen LogP contribution in [0.25, 0.3) is 0 Å². The van der Waals surface area contributed by atoms with Crippen molar-refractivity contribution < 1.29 is 0 Å². The molecule has 0 heterocycles. The molecule has 0 nitrogen and oxygen atoms in total. The first-order chi connectivity index (χ1) is 6.06. The summed E-state index contributed by atoms with van der Waals surface area (Å²) in [4.78, 5) is 0. The molecule has 0 fully saturated rings. The van der Waals surface area contributed by atoms with E-state index in [-0.39, 0.29) is 0 Å². The summed E-state index contributed by atoms with van der Waals surface area (Å²) in [6, 6.07) is 0. The molecule has 0 aromatic rings. The largest absolute Gasteiger partial charge is 0.0985 e. The van der Waals surface area contributed by atoms with Crippen molar-refractivity contribution in [2.24, 2.45) is 0 Å². The van der Waals surface area contributed by atoms with Crippen LogP contribution in [0.2, 0.25) is 0 Å². The smallest absolute Gasteiger partial charge is 0.0285 e. The standard InChI is InChI=1S/C13H20/c1-6-12(4)10-13(5)9-7-8-11(2)3/h6,8,10H,1,4,7,9H2,2-3,5H3/b13-10+. The SMILES string of the molecule is C=CC(=C)/C=C(\C)CCC=C(C)C. The fourth-order valence-corrected chi connectivity index (χ4v) is 1.04. The lowest BCUT2D eigenvalue weighted by Crippen LogP contribution is -1.78. The molecule has 0 spiro atoms. The van der Waals surface area contributed by atoms with E-state index in [4.69, 9.17) is 0 Å². The maximum Gasteiger partial charge on any atom is -0.0285 e. The van der Waals surface area contributed by atoms with Gasteiger partial charge in [0, 0.05) is 0 Å². The lowest BCUT2D eigenvalue weighted by atomic mass is 10.1. The zero-order valence-corrected chi connectivity index (χ0v) is 9.06. The normalized spacial score (nSPS) is 10.8. The van der Waals surface area contributed by atoms with Crippen molar-refractivity contribution in [1.29, 1.82) is 0 Å². The van der Waals surface area contributed by atoms with Crippen LogP contribution in [0, 0.1) is 0 Å². The van der Waals surface area contributed by atoms with Gasteiger partial charge in [0.25, 0.3) is 0 Å². The van der Waals surface area contributed by atoms with Crippen molar-refractivity contribution in [2.45, 2.75) is 33.6 Å². The van der Waals surface area contributed by atoms with E-state index in [0.29, 0.717) is 0 Å². The summed E-state index contributed by atoms with van der Waals surface area (Å²) in [6.07, 6.45) is 8.36. The zero-order valence-electron chi connectivity index (χ0n) is 9.06. The third-order valence-electron chi connectivity index (χ3n) is 1.79. The van der Waals surface area contributed by atoms with Gasteiger partial charge in [-0.2, -0.15) is 0 Å². The number of allylic oxidation sites excluding steroid dienone is 6. The molecule has 0 aliphatic rings. The molecule has 0 radical (unpaired) electrons. The first kappa shape index (κ1) is 12.0. The van der Waals surface area contributed by atoms with Crippen molar-refractivity contribution in [3.05, 3.63) is 48.1 Å². The average molecular weight is 176 g/mol. The van der Waals surface area contributed by atoms with Gasteiger partial charge >= 0.3 is 0 Å². The Balaban J connectivity index is 3.93. The van der Waals surface area contributed by atoms with Gasteiger partial charge in [0.05, 0.1) is 0 Å². The van der Waals surface area contributed by atoms with E-state index in [9.17, 15) is 0 Å². The Morgan fingerprint density at radius 1 is 1.23 bits per heavy atom. The maximum atomic E-state index is 3.85. The second kappa shape index (κ2) is 6.47. The summed E-state index contributed by atoms with van der Waals surface area (Å²) < 4.78 is 0. The molecule has 0 aliphatic carbocycles. The number of hydrogen-bond donors (Lipinski definition) is 0. The predicted molar refractivity (Wildman–Crippen MR) is 61.8 cm³/mol. The highest BCUT2D eigenvalue weighted by molar-refractivity contribution is 5.28. The molecule has 0 heteroatoms. The van der Waals surface area contributed by atoms with Crippen molar-refractivity contribution in [1.82, 2.24) is 0 Å². The van der Waals surface area contributed by atoms with Gasteiger partial charge in [-0.15, -0.1) is 0 Å². The highest BCUT2D eigenvalue weighted by atomic mass is 13.9. The summed E-state index contributed by atoms with van der Waals surface area (Å²) in [7, 11) is 0. The molecule has 0 unspecified atom stereocenters. The summed E-state index contributed by atoms with van der Waals surface area (Å²) in [5, 5.41) is 0. The minimum atomic E-state index is 0.995. The molecule has 0 aromatic carbocycles. The van der Waals surface area contributed by atoms with Crippen LogP contribution in [-0.2, 0) is 0 Å². The minimum absolute atomic E-state index is 0.995. The van der Waals surface area contributed by atoms with Crippen LogP contribution in [-0.4, -0.2) is 0 Å². The minimum Gasteiger partial charge on any atom is -0.0985 e. The van der Waals surface area contributed by atoms with Gasteiger partial charge in [0.2, 0.25) is 0 Å². The third-order valence-corrected chi connectivity index (χ3v) is 1.79. The molecular formula is C13H20. The van der Waals surface area contributed by atoms with E-state index in [1.807, 2.05) is 0 Å². The van der Waals surface area contributed by atoms with Crippen LogP contribution >= 0.6 is 0 Å². The molecule has 0 bridgehead atoms. The van der Waals surface area contributed by atoms with Crippen LogP contribution < -0.4 is 0 Å². The summed E-state index contributed by atoms with van der Waals surface area (Å²) in [5.74, 6) is 0. The van der Waals surface area contributed by atoms with E-state index in [2.05, 4.69) is 46.1 Å². The number of hydrogen-bond acceptors (Lipinski definition) is 0. The van der Waals surface area contributed by atoms with Crippen LogP contribution in [0.3, 0.4) is 0 Å². The van der Waals surface area contributed by atoms with Crippen molar-refractivity contribution in [3.8, 4) is 0 Å². The van der Waals surface area contributed by atoms with E-state index in [1.54, 1.807) is 6.08 Å². The maximum absolute atomic E-state index is 3.85. The summed E-state index contributed by atoms with van der Waals surface area (Å²) in [6.45, 7) is 13.9. The molecule has 0 N–H and O–H groups in total. The van der Waals surface area contributed by atoms with Crippen molar-refractivity contribution in [3.63, 3.8) is 0 Å². The Morgan fingerprint density at radius 2 is 1.85 bits per heavy atom. The highest BCUT2D eigenvalue weighted by Crippen LogP contribution is 2.09. The van der Waals surface area contributed by atoms with Gasteiger partial charge in [-0.3, -0.25) is 0 Å². The molecule has 13 heavy (non-hydrogen) atoms. The van der Waals surface area contributed by atoms with E-state index in [1.165, 1.54) is 11.1 Å². The molecule has 0 aliphatic heterocycles. The Labute approximate surface area is 82.4 Å². The van der Waals surface area contributed by atoms with Crippen LogP contribution in [0.4, 0.5) is 0 Å². The van der Waals surface area contributed by atoms with Crippen molar-refractivity contribution in [2.75, 3.05) is 0 Å². The second-order valence-electron chi connectivity index (χ2n) is 3.59. The Kier molecular flexibility index (Phi) is 5.96. The van der Waals surface area contributed by atoms with Gasteiger partial charge < -0.3 is 0 Å². The Bertz CT molecular complexity index is 235. The van der Waals surface area contributed by atoms with Crippen LogP contribution in [0.15, 0.2) is 48.1 Å². The van der Waals surface area contributed by atoms with Gasteiger partial charge in [-0.05, 0) is 39.2 Å². The van der Waals surface area contributed by atoms with Gasteiger partial charge in [-0.25, -0.2) is 0 Å². The lowest BCUT2D eigenvalue weighted by molar-refractivity contribution is 0.966. The van der Waals surface area contributed by atoms with Crippen LogP contribution in [0.5, 0.6) is 0 Å². The molecule has 0 amide bonds. The van der Waals surface area contributed by atoms with Gasteiger partial charge in [-0.1, -0.05) is 42.5 Å². The monoisotopic (exact) mass is 176 g/mol. The molecule has 0 saturated heterocycles. The topological polar surface area (TPSA) is 0 Å². The van der Waals surface area contributed by atoms with E-state index in [0.717, 1.165) is 18.4 Å². The highest BCUT2D eigenvalue weighted by Gasteiger charge is 1.89. The quantitative estimate of drug-likeness (QED) is 0.429. The van der Waals surface area contributed by atoms with Crippen LogP contribution in [0.1, 0.15) is 33.6 Å². The zero-order chi connectivity index (χ0) is 10.3. The van der Waals surface area contributed by atoms with Crippen molar-refractivity contribution >= 4 is 0 Å². The molecule has 0 saturated carbocycles. The molecule has 72 valence electrons. The lowest BCUT2D eigenvalue weighted by Gasteiger charge is -1.98. The second-order valence-corrected chi connectivity index (χ2v) is 3.59. The summed E-state index contributed by atoms with van der Waals surface area (Å²) in [5.41, 5.74) is 3.74. The van der Waals surface area contributed by atoms with E-state index < -0.39 is 0 Å².